The molecule has 1 aromatic rings. The predicted octanol–water partition coefficient (Wildman–Crippen LogP) is 0.821. The van der Waals surface area contributed by atoms with Crippen LogP contribution in [0.5, 0.6) is 0 Å². The van der Waals surface area contributed by atoms with Crippen LogP contribution in [0.25, 0.3) is 0 Å². The molecule has 2 aliphatic rings. The quantitative estimate of drug-likeness (QED) is 0.769. The lowest BCUT2D eigenvalue weighted by Gasteiger charge is -2.37. The number of aliphatic imine (C=N–C) groups is 1. The van der Waals surface area contributed by atoms with Gasteiger partial charge in [0.1, 0.15) is 6.17 Å². The van der Waals surface area contributed by atoms with Crippen molar-refractivity contribution >= 4 is 5.71 Å². The van der Waals surface area contributed by atoms with Crippen LogP contribution in [0.15, 0.2) is 47.2 Å². The Morgan fingerprint density at radius 1 is 1.32 bits per heavy atom. The van der Waals surface area contributed by atoms with Gasteiger partial charge in [-0.2, -0.15) is 0 Å². The summed E-state index contributed by atoms with van der Waals surface area (Å²) in [7, 11) is 0. The fourth-order valence-electron chi connectivity index (χ4n) is 3.35. The van der Waals surface area contributed by atoms with Crippen molar-refractivity contribution < 1.29 is 0 Å². The van der Waals surface area contributed by atoms with Gasteiger partial charge in [0.15, 0.2) is 0 Å². The summed E-state index contributed by atoms with van der Waals surface area (Å²) in [5, 5.41) is 3.51. The molecule has 2 aliphatic heterocycles. The van der Waals surface area contributed by atoms with E-state index in [1.807, 2.05) is 12.3 Å². The number of likely N-dealkylation sites (tertiary alicyclic amines) is 1. The molecule has 0 spiro atoms. The van der Waals surface area contributed by atoms with Crippen LogP contribution >= 0.6 is 0 Å². The zero-order chi connectivity index (χ0) is 15.5. The highest BCUT2D eigenvalue weighted by molar-refractivity contribution is 5.88. The molecule has 1 fully saturated rings. The minimum absolute atomic E-state index is 0.103. The Balaban J connectivity index is 1.77. The molecule has 3 rings (SSSR count). The number of nitrogens with two attached hydrogens (primary N) is 2. The van der Waals surface area contributed by atoms with Gasteiger partial charge in [0.2, 0.25) is 0 Å². The van der Waals surface area contributed by atoms with Gasteiger partial charge in [-0.25, -0.2) is 0 Å². The molecular formula is C17H25N5. The Morgan fingerprint density at radius 3 is 2.82 bits per heavy atom. The van der Waals surface area contributed by atoms with E-state index in [0.717, 1.165) is 30.8 Å². The van der Waals surface area contributed by atoms with E-state index in [-0.39, 0.29) is 12.2 Å². The van der Waals surface area contributed by atoms with E-state index in [1.54, 1.807) is 0 Å². The molecule has 0 radical (unpaired) electrons. The van der Waals surface area contributed by atoms with Crippen LogP contribution in [0.2, 0.25) is 0 Å². The molecule has 118 valence electrons. The van der Waals surface area contributed by atoms with Gasteiger partial charge in [-0.3, -0.25) is 9.89 Å². The van der Waals surface area contributed by atoms with E-state index in [2.05, 4.69) is 46.4 Å². The molecular weight excluding hydrogens is 274 g/mol. The Kier molecular flexibility index (Phi) is 4.57. The molecule has 22 heavy (non-hydrogen) atoms. The second kappa shape index (κ2) is 6.60. The minimum Gasteiger partial charge on any atom is -0.366 e. The van der Waals surface area contributed by atoms with Crippen molar-refractivity contribution in [1.82, 2.24) is 10.2 Å². The minimum atomic E-state index is 0.103. The maximum Gasteiger partial charge on any atom is 0.119 e. The van der Waals surface area contributed by atoms with Crippen LogP contribution in [-0.2, 0) is 6.42 Å². The van der Waals surface area contributed by atoms with Gasteiger partial charge in [0, 0.05) is 37.1 Å². The molecule has 2 heterocycles. The van der Waals surface area contributed by atoms with Crippen molar-refractivity contribution in [1.29, 1.82) is 0 Å². The van der Waals surface area contributed by atoms with Gasteiger partial charge >= 0.3 is 0 Å². The van der Waals surface area contributed by atoms with E-state index in [9.17, 15) is 0 Å². The van der Waals surface area contributed by atoms with Gasteiger partial charge in [0.25, 0.3) is 0 Å². The van der Waals surface area contributed by atoms with E-state index in [0.29, 0.717) is 12.6 Å². The molecule has 1 aromatic carbocycles. The van der Waals surface area contributed by atoms with E-state index >= 15 is 0 Å². The van der Waals surface area contributed by atoms with Gasteiger partial charge in [-0.1, -0.05) is 30.3 Å². The summed E-state index contributed by atoms with van der Waals surface area (Å²) >= 11 is 0. The number of rotatable bonds is 4. The van der Waals surface area contributed by atoms with Crippen molar-refractivity contribution in [2.75, 3.05) is 13.1 Å². The summed E-state index contributed by atoms with van der Waals surface area (Å²) in [6.45, 7) is 3.53. The Bertz CT molecular complexity index is 566. The van der Waals surface area contributed by atoms with Crippen LogP contribution in [-0.4, -0.2) is 42.0 Å². The summed E-state index contributed by atoms with van der Waals surface area (Å²) in [5.74, 6) is 0. The number of hydrogen-bond acceptors (Lipinski definition) is 5. The van der Waals surface area contributed by atoms with Gasteiger partial charge < -0.3 is 16.8 Å². The van der Waals surface area contributed by atoms with Crippen LogP contribution < -0.4 is 16.8 Å². The summed E-state index contributed by atoms with van der Waals surface area (Å²) in [4.78, 5) is 6.95. The lowest BCUT2D eigenvalue weighted by molar-refractivity contribution is 0.194. The van der Waals surface area contributed by atoms with E-state index < -0.39 is 0 Å². The normalized spacial score (nSPS) is 29.0. The van der Waals surface area contributed by atoms with Crippen molar-refractivity contribution in [3.63, 3.8) is 0 Å². The van der Waals surface area contributed by atoms with E-state index in [4.69, 9.17) is 11.5 Å². The van der Waals surface area contributed by atoms with Crippen LogP contribution in [0, 0.1) is 0 Å². The molecule has 1 saturated heterocycles. The largest absolute Gasteiger partial charge is 0.366 e. The second-order valence-electron chi connectivity index (χ2n) is 6.12. The third kappa shape index (κ3) is 3.06. The Morgan fingerprint density at radius 2 is 2.09 bits per heavy atom. The zero-order valence-electron chi connectivity index (χ0n) is 13.1. The van der Waals surface area contributed by atoms with Crippen molar-refractivity contribution in [2.24, 2.45) is 16.5 Å². The maximum absolute atomic E-state index is 6.39. The first kappa shape index (κ1) is 15.2. The summed E-state index contributed by atoms with van der Waals surface area (Å²) in [5.41, 5.74) is 15.5. The predicted molar refractivity (Wildman–Crippen MR) is 90.4 cm³/mol. The highest BCUT2D eigenvalue weighted by Crippen LogP contribution is 2.24. The molecule has 0 bridgehead atoms. The topological polar surface area (TPSA) is 79.7 Å². The highest BCUT2D eigenvalue weighted by Gasteiger charge is 2.37. The number of nitrogens with one attached hydrogen (secondary N) is 1. The highest BCUT2D eigenvalue weighted by atomic mass is 15.3. The second-order valence-corrected chi connectivity index (χ2v) is 6.12. The molecule has 5 N–H and O–H groups in total. The summed E-state index contributed by atoms with van der Waals surface area (Å²) in [6.07, 6.45) is 3.92. The third-order valence-corrected chi connectivity index (χ3v) is 4.62. The molecule has 5 nitrogen and oxygen atoms in total. The van der Waals surface area contributed by atoms with Crippen LogP contribution in [0.3, 0.4) is 0 Å². The van der Waals surface area contributed by atoms with Crippen molar-refractivity contribution in [3.8, 4) is 0 Å². The molecule has 3 unspecified atom stereocenters. The van der Waals surface area contributed by atoms with E-state index in [1.165, 1.54) is 5.56 Å². The van der Waals surface area contributed by atoms with Crippen LogP contribution in [0.1, 0.15) is 18.9 Å². The van der Waals surface area contributed by atoms with Gasteiger partial charge in [-0.05, 0) is 25.3 Å². The van der Waals surface area contributed by atoms with Crippen molar-refractivity contribution in [2.45, 2.75) is 38.0 Å². The first-order chi connectivity index (χ1) is 10.7. The Hall–Kier alpha value is -1.69. The van der Waals surface area contributed by atoms with Crippen molar-refractivity contribution in [3.05, 3.63) is 47.8 Å². The SMILES string of the molecule is CC1=NC=C(CN)NC1N1CCC(N)C1Cc1ccccc1. The standard InChI is InChI=1S/C17H25N5/c1-12-17(21-14(10-18)11-20-12)22-8-7-15(19)16(22)9-13-5-3-2-4-6-13/h2-6,11,15-17,21H,7-10,18-19H2,1H3. The molecule has 0 aliphatic carbocycles. The molecule has 3 atom stereocenters. The third-order valence-electron chi connectivity index (χ3n) is 4.62. The molecule has 0 amide bonds. The first-order valence-corrected chi connectivity index (χ1v) is 7.94. The number of nitrogens with zero attached hydrogens (tertiary/aromatic N) is 2. The molecule has 5 heteroatoms. The average molecular weight is 299 g/mol. The summed E-state index contributed by atoms with van der Waals surface area (Å²) < 4.78 is 0. The Labute approximate surface area is 132 Å². The number of benzene rings is 1. The van der Waals surface area contributed by atoms with Gasteiger partial charge in [-0.15, -0.1) is 0 Å². The average Bonchev–Trinajstić information content (AvgIpc) is 2.90. The lowest BCUT2D eigenvalue weighted by atomic mass is 10.00. The van der Waals surface area contributed by atoms with Gasteiger partial charge in [0.05, 0.1) is 5.71 Å². The fourth-order valence-corrected chi connectivity index (χ4v) is 3.35. The first-order valence-electron chi connectivity index (χ1n) is 7.94. The summed E-state index contributed by atoms with van der Waals surface area (Å²) in [6, 6.07) is 11.1. The smallest absolute Gasteiger partial charge is 0.119 e. The fraction of sp³-hybridized carbons (Fsp3) is 0.471. The van der Waals surface area contributed by atoms with Crippen LogP contribution in [0.4, 0.5) is 0 Å². The molecule has 0 saturated carbocycles. The number of hydrogen-bond donors (Lipinski definition) is 3. The maximum atomic E-state index is 6.39. The lowest BCUT2D eigenvalue weighted by Crippen LogP contribution is -2.56. The monoisotopic (exact) mass is 299 g/mol. The zero-order valence-corrected chi connectivity index (χ0v) is 13.1. The molecule has 0 aromatic heterocycles.